The second-order valence-corrected chi connectivity index (χ2v) is 8.09. The van der Waals surface area contributed by atoms with E-state index < -0.39 is 11.9 Å². The van der Waals surface area contributed by atoms with Gasteiger partial charge in [0.2, 0.25) is 10.9 Å². The molecule has 2 aromatic heterocycles. The monoisotopic (exact) mass is 477 g/mol. The average Bonchev–Trinajstić information content (AvgIpc) is 3.49. The second-order valence-electron chi connectivity index (χ2n) is 6.72. The number of nitrogens with zero attached hydrogens (tertiary/aromatic N) is 4. The molecule has 0 saturated carbocycles. The number of pyridine rings is 1. The van der Waals surface area contributed by atoms with Crippen LogP contribution in [0.5, 0.6) is 5.75 Å². The van der Waals surface area contributed by atoms with E-state index >= 15 is 0 Å². The number of aliphatic imine (C=N–C) groups is 1. The lowest BCUT2D eigenvalue weighted by Gasteiger charge is -2.20. The number of aromatic nitrogens is 1. The van der Waals surface area contributed by atoms with Gasteiger partial charge in [0.05, 0.1) is 16.9 Å². The molecule has 0 unspecified atom stereocenters. The van der Waals surface area contributed by atoms with Crippen LogP contribution in [0.1, 0.15) is 21.7 Å². The first kappa shape index (κ1) is 20.9. The molecule has 1 N–H and O–H groups in total. The summed E-state index contributed by atoms with van der Waals surface area (Å²) in [5.41, 5.74) is 1.33. The summed E-state index contributed by atoms with van der Waals surface area (Å²) in [5, 5.41) is 15.2. The van der Waals surface area contributed by atoms with Crippen LogP contribution in [0.4, 0.5) is 0 Å². The fraction of sp³-hybridized carbons (Fsp3) is 0. The second kappa shape index (κ2) is 8.49. The standard InChI is InChI=1S/C22H12ClN5O4S/c23-15-10-12(5-6-16(15)32-21(30)17-4-2-8-31-17)9-14-18(24)28-22(26-19(14)29)33-20(27-28)13-3-1-7-25-11-13/h1-11,24H. The molecule has 1 amide bonds. The van der Waals surface area contributed by atoms with Gasteiger partial charge in [-0.1, -0.05) is 17.7 Å². The van der Waals surface area contributed by atoms with E-state index in [2.05, 4.69) is 15.1 Å². The molecule has 0 atom stereocenters. The van der Waals surface area contributed by atoms with Gasteiger partial charge in [0.25, 0.3) is 5.91 Å². The van der Waals surface area contributed by atoms with Crippen molar-refractivity contribution in [3.8, 4) is 5.75 Å². The molecule has 4 heterocycles. The molecule has 2 aliphatic heterocycles. The van der Waals surface area contributed by atoms with E-state index in [1.165, 1.54) is 47.3 Å². The molecular weight excluding hydrogens is 466 g/mol. The van der Waals surface area contributed by atoms with Crippen LogP contribution >= 0.6 is 23.4 Å². The first-order chi connectivity index (χ1) is 16.0. The van der Waals surface area contributed by atoms with Crippen LogP contribution in [-0.2, 0) is 4.79 Å². The number of ether oxygens (including phenoxy) is 1. The molecule has 0 saturated heterocycles. The zero-order valence-electron chi connectivity index (χ0n) is 16.6. The third-order valence-corrected chi connectivity index (χ3v) is 5.81. The fourth-order valence-corrected chi connectivity index (χ4v) is 4.11. The van der Waals surface area contributed by atoms with E-state index in [-0.39, 0.29) is 27.9 Å². The van der Waals surface area contributed by atoms with Gasteiger partial charge in [-0.25, -0.2) is 4.79 Å². The number of nitrogens with one attached hydrogen (secondary N) is 1. The van der Waals surface area contributed by atoms with Crippen molar-refractivity contribution in [3.05, 3.63) is 88.6 Å². The Balaban J connectivity index is 1.39. The van der Waals surface area contributed by atoms with Crippen molar-refractivity contribution in [2.45, 2.75) is 0 Å². The van der Waals surface area contributed by atoms with Crippen molar-refractivity contribution in [1.82, 2.24) is 9.99 Å². The van der Waals surface area contributed by atoms with Crippen LogP contribution in [0.25, 0.3) is 6.08 Å². The van der Waals surface area contributed by atoms with Gasteiger partial charge in [0.15, 0.2) is 5.84 Å². The molecule has 0 spiro atoms. The smallest absolute Gasteiger partial charge is 0.379 e. The molecule has 11 heteroatoms. The third kappa shape index (κ3) is 4.09. The van der Waals surface area contributed by atoms with Crippen molar-refractivity contribution in [3.63, 3.8) is 0 Å². The van der Waals surface area contributed by atoms with E-state index in [1.54, 1.807) is 30.6 Å². The lowest BCUT2D eigenvalue weighted by Crippen LogP contribution is -2.35. The van der Waals surface area contributed by atoms with Crippen molar-refractivity contribution in [1.29, 1.82) is 5.41 Å². The first-order valence-corrected chi connectivity index (χ1v) is 10.6. The number of benzene rings is 1. The van der Waals surface area contributed by atoms with Crippen LogP contribution in [-0.4, -0.2) is 37.9 Å². The number of carbonyl (C=O) groups excluding carboxylic acids is 2. The van der Waals surface area contributed by atoms with Gasteiger partial charge < -0.3 is 9.15 Å². The topological polar surface area (TPSA) is 121 Å². The van der Waals surface area contributed by atoms with Crippen LogP contribution in [0.2, 0.25) is 5.02 Å². The summed E-state index contributed by atoms with van der Waals surface area (Å²) in [7, 11) is 0. The minimum atomic E-state index is -0.687. The molecule has 162 valence electrons. The summed E-state index contributed by atoms with van der Waals surface area (Å²) in [5.74, 6) is -1.19. The Morgan fingerprint density at radius 2 is 2.12 bits per heavy atom. The lowest BCUT2D eigenvalue weighted by atomic mass is 10.1. The molecule has 0 aliphatic carbocycles. The molecule has 9 nitrogen and oxygen atoms in total. The van der Waals surface area contributed by atoms with Gasteiger partial charge in [-0.15, -0.1) is 0 Å². The molecule has 0 bridgehead atoms. The lowest BCUT2D eigenvalue weighted by molar-refractivity contribution is -0.114. The number of esters is 1. The minimum absolute atomic E-state index is 0.0434. The van der Waals surface area contributed by atoms with E-state index in [0.717, 1.165) is 5.56 Å². The van der Waals surface area contributed by atoms with Crippen molar-refractivity contribution in [2.75, 3.05) is 0 Å². The Labute approximate surface area is 195 Å². The minimum Gasteiger partial charge on any atom is -0.457 e. The number of fused-ring (bicyclic) bond motifs is 1. The molecule has 3 aromatic rings. The van der Waals surface area contributed by atoms with E-state index in [9.17, 15) is 9.59 Å². The predicted octanol–water partition coefficient (Wildman–Crippen LogP) is 4.21. The van der Waals surface area contributed by atoms with E-state index in [0.29, 0.717) is 15.8 Å². The van der Waals surface area contributed by atoms with E-state index in [1.807, 2.05) is 6.07 Å². The molecule has 0 radical (unpaired) electrons. The van der Waals surface area contributed by atoms with Crippen molar-refractivity contribution in [2.24, 2.45) is 10.1 Å². The summed E-state index contributed by atoms with van der Waals surface area (Å²) in [6, 6.07) is 11.3. The van der Waals surface area contributed by atoms with Gasteiger partial charge in [-0.3, -0.25) is 15.2 Å². The summed E-state index contributed by atoms with van der Waals surface area (Å²) < 4.78 is 10.2. The SMILES string of the molecule is N=C1C(=Cc2ccc(OC(=O)c3ccco3)c(Cl)c2)C(=O)N=C2SC(c3cccnc3)=NN12. The Bertz CT molecular complexity index is 1380. The zero-order valence-corrected chi connectivity index (χ0v) is 18.1. The number of carbonyl (C=O) groups is 2. The number of hydrogen-bond donors (Lipinski definition) is 1. The Hall–Kier alpha value is -4.02. The Morgan fingerprint density at radius 3 is 2.85 bits per heavy atom. The highest BCUT2D eigenvalue weighted by Crippen LogP contribution is 2.32. The molecular formula is C22H12ClN5O4S. The maximum atomic E-state index is 12.6. The van der Waals surface area contributed by atoms with Crippen LogP contribution in [0.3, 0.4) is 0 Å². The number of hydrogen-bond acceptors (Lipinski definition) is 8. The van der Waals surface area contributed by atoms with Crippen LogP contribution in [0.15, 0.2) is 81.2 Å². The molecule has 2 aliphatic rings. The van der Waals surface area contributed by atoms with Crippen molar-refractivity contribution < 1.29 is 18.7 Å². The number of amidine groups is 2. The number of hydrazone groups is 1. The Kier molecular flexibility index (Phi) is 5.37. The quantitative estimate of drug-likeness (QED) is 0.339. The largest absolute Gasteiger partial charge is 0.457 e. The number of amides is 1. The highest BCUT2D eigenvalue weighted by Gasteiger charge is 2.36. The molecule has 1 aromatic carbocycles. The molecule has 5 rings (SSSR count). The van der Waals surface area contributed by atoms with Gasteiger partial charge >= 0.3 is 5.97 Å². The van der Waals surface area contributed by atoms with Crippen molar-refractivity contribution >= 4 is 57.4 Å². The molecule has 0 fully saturated rings. The first-order valence-electron chi connectivity index (χ1n) is 9.45. The maximum absolute atomic E-state index is 12.6. The number of rotatable bonds is 4. The van der Waals surface area contributed by atoms with Crippen LogP contribution < -0.4 is 4.74 Å². The fourth-order valence-electron chi connectivity index (χ4n) is 3.00. The van der Waals surface area contributed by atoms with E-state index in [4.69, 9.17) is 26.2 Å². The number of thioether (sulfide) groups is 1. The Morgan fingerprint density at radius 1 is 1.24 bits per heavy atom. The number of furan rings is 1. The summed E-state index contributed by atoms with van der Waals surface area (Å²) in [6.45, 7) is 0. The van der Waals surface area contributed by atoms with Crippen LogP contribution in [0, 0.1) is 5.41 Å². The summed E-state index contributed by atoms with van der Waals surface area (Å²) in [4.78, 5) is 32.8. The maximum Gasteiger partial charge on any atom is 0.379 e. The average molecular weight is 478 g/mol. The molecule has 33 heavy (non-hydrogen) atoms. The third-order valence-electron chi connectivity index (χ3n) is 4.55. The highest BCUT2D eigenvalue weighted by molar-refractivity contribution is 8.27. The van der Waals surface area contributed by atoms with Gasteiger partial charge in [0, 0.05) is 18.0 Å². The normalized spacial score (nSPS) is 16.5. The highest BCUT2D eigenvalue weighted by atomic mass is 35.5. The summed E-state index contributed by atoms with van der Waals surface area (Å²) in [6.07, 6.45) is 6.14. The number of halogens is 1. The van der Waals surface area contributed by atoms with Gasteiger partial charge in [-0.05, 0) is 59.8 Å². The summed E-state index contributed by atoms with van der Waals surface area (Å²) >= 11 is 7.45. The van der Waals surface area contributed by atoms with Gasteiger partial charge in [0.1, 0.15) is 10.8 Å². The van der Waals surface area contributed by atoms with Gasteiger partial charge in [-0.2, -0.15) is 15.1 Å². The predicted molar refractivity (Wildman–Crippen MR) is 123 cm³/mol. The zero-order chi connectivity index (χ0) is 22.9.